The molecule has 0 bridgehead atoms. The molecule has 0 radical (unpaired) electrons. The molecule has 2 aromatic rings. The first-order chi connectivity index (χ1) is 12.6. The van der Waals surface area contributed by atoms with Crippen LogP contribution in [0.25, 0.3) is 0 Å². The van der Waals surface area contributed by atoms with Gasteiger partial charge >= 0.3 is 0 Å². The molecule has 0 amide bonds. The van der Waals surface area contributed by atoms with E-state index in [9.17, 15) is 5.11 Å². The second-order valence-corrected chi connectivity index (χ2v) is 7.32. The SMILES string of the molecule is COc1ccccc1[C@H](CN=Cc1cc(Cl)cc(Cl)c1O)[NH+]1CCCC1. The number of nitrogens with zero attached hydrogens (tertiary/aromatic N) is 1. The zero-order valence-electron chi connectivity index (χ0n) is 14.7. The van der Waals surface area contributed by atoms with Crippen molar-refractivity contribution in [2.75, 3.05) is 26.7 Å². The van der Waals surface area contributed by atoms with Crippen LogP contribution in [0.4, 0.5) is 0 Å². The highest BCUT2D eigenvalue weighted by molar-refractivity contribution is 6.36. The number of ether oxygens (including phenoxy) is 1. The smallest absolute Gasteiger partial charge is 0.143 e. The van der Waals surface area contributed by atoms with Crippen molar-refractivity contribution in [2.45, 2.75) is 18.9 Å². The van der Waals surface area contributed by atoms with Gasteiger partial charge in [-0.2, -0.15) is 0 Å². The molecule has 1 aliphatic rings. The van der Waals surface area contributed by atoms with Gasteiger partial charge in [0.2, 0.25) is 0 Å². The number of para-hydroxylation sites is 1. The highest BCUT2D eigenvalue weighted by Crippen LogP contribution is 2.30. The minimum Gasteiger partial charge on any atom is -0.506 e. The van der Waals surface area contributed by atoms with Crippen LogP contribution in [-0.4, -0.2) is 38.1 Å². The minimum atomic E-state index is 0.00202. The Morgan fingerprint density at radius 1 is 1.23 bits per heavy atom. The predicted molar refractivity (Wildman–Crippen MR) is 106 cm³/mol. The highest BCUT2D eigenvalue weighted by Gasteiger charge is 2.29. The van der Waals surface area contributed by atoms with Gasteiger partial charge in [-0.05, 0) is 24.3 Å². The summed E-state index contributed by atoms with van der Waals surface area (Å²) in [4.78, 5) is 6.12. The molecule has 0 aliphatic carbocycles. The lowest BCUT2D eigenvalue weighted by atomic mass is 10.0. The Bertz CT molecular complexity index is 789. The van der Waals surface area contributed by atoms with E-state index in [0.29, 0.717) is 17.1 Å². The molecule has 0 unspecified atom stereocenters. The van der Waals surface area contributed by atoms with Crippen molar-refractivity contribution in [1.29, 1.82) is 0 Å². The number of hydrogen-bond acceptors (Lipinski definition) is 3. The largest absolute Gasteiger partial charge is 0.506 e. The van der Waals surface area contributed by atoms with Crippen LogP contribution in [0, 0.1) is 0 Å². The van der Waals surface area contributed by atoms with E-state index < -0.39 is 0 Å². The van der Waals surface area contributed by atoms with Gasteiger partial charge < -0.3 is 14.7 Å². The maximum Gasteiger partial charge on any atom is 0.143 e. The Hall–Kier alpha value is -1.75. The van der Waals surface area contributed by atoms with Crippen LogP contribution in [0.3, 0.4) is 0 Å². The second kappa shape index (κ2) is 8.76. The Morgan fingerprint density at radius 2 is 1.96 bits per heavy atom. The zero-order valence-corrected chi connectivity index (χ0v) is 16.2. The first kappa shape index (κ1) is 19.0. The Kier molecular flexibility index (Phi) is 6.41. The fourth-order valence-corrected chi connectivity index (χ4v) is 4.03. The van der Waals surface area contributed by atoms with Gasteiger partial charge in [0, 0.05) is 29.6 Å². The van der Waals surface area contributed by atoms with Gasteiger partial charge in [0.1, 0.15) is 17.5 Å². The number of aromatic hydroxyl groups is 1. The van der Waals surface area contributed by atoms with Gasteiger partial charge in [-0.25, -0.2) is 0 Å². The molecule has 26 heavy (non-hydrogen) atoms. The summed E-state index contributed by atoms with van der Waals surface area (Å²) in [6, 6.07) is 11.5. The number of benzene rings is 2. The van der Waals surface area contributed by atoms with Crippen LogP contribution in [0.5, 0.6) is 11.5 Å². The van der Waals surface area contributed by atoms with Crippen LogP contribution in [0.15, 0.2) is 41.4 Å². The monoisotopic (exact) mass is 393 g/mol. The average molecular weight is 394 g/mol. The molecule has 1 aliphatic heterocycles. The van der Waals surface area contributed by atoms with E-state index in [1.165, 1.54) is 23.8 Å². The molecule has 1 fully saturated rings. The molecule has 2 N–H and O–H groups in total. The molecular formula is C20H23Cl2N2O2+. The topological polar surface area (TPSA) is 46.3 Å². The van der Waals surface area contributed by atoms with Crippen LogP contribution >= 0.6 is 23.2 Å². The van der Waals surface area contributed by atoms with E-state index in [0.717, 1.165) is 24.4 Å². The van der Waals surface area contributed by atoms with Crippen LogP contribution in [-0.2, 0) is 0 Å². The molecule has 0 saturated carbocycles. The highest BCUT2D eigenvalue weighted by atomic mass is 35.5. The van der Waals surface area contributed by atoms with Crippen molar-refractivity contribution in [1.82, 2.24) is 0 Å². The Balaban J connectivity index is 1.85. The number of phenolic OH excluding ortho intramolecular Hbond substituents is 1. The normalized spacial score (nSPS) is 16.3. The molecule has 1 saturated heterocycles. The summed E-state index contributed by atoms with van der Waals surface area (Å²) in [5.74, 6) is 0.892. The number of aliphatic imine (C=N–C) groups is 1. The summed E-state index contributed by atoms with van der Waals surface area (Å²) in [6.07, 6.45) is 4.11. The number of hydrogen-bond donors (Lipinski definition) is 2. The van der Waals surface area contributed by atoms with E-state index in [1.54, 1.807) is 19.4 Å². The molecule has 0 spiro atoms. The summed E-state index contributed by atoms with van der Waals surface area (Å²) in [6.45, 7) is 2.86. The summed E-state index contributed by atoms with van der Waals surface area (Å²) in [5, 5.41) is 10.8. The van der Waals surface area contributed by atoms with E-state index >= 15 is 0 Å². The minimum absolute atomic E-state index is 0.00202. The maximum absolute atomic E-state index is 10.1. The van der Waals surface area contributed by atoms with E-state index in [1.807, 2.05) is 18.2 Å². The molecule has 1 heterocycles. The molecule has 3 rings (SSSR count). The van der Waals surface area contributed by atoms with Crippen molar-refractivity contribution in [3.8, 4) is 11.5 Å². The van der Waals surface area contributed by atoms with Gasteiger partial charge in [0.25, 0.3) is 0 Å². The third-order valence-electron chi connectivity index (χ3n) is 4.83. The lowest BCUT2D eigenvalue weighted by molar-refractivity contribution is -0.918. The molecule has 138 valence electrons. The summed E-state index contributed by atoms with van der Waals surface area (Å²) in [7, 11) is 1.70. The predicted octanol–water partition coefficient (Wildman–Crippen LogP) is 3.55. The Labute approximate surface area is 164 Å². The number of quaternary nitrogens is 1. The van der Waals surface area contributed by atoms with Crippen molar-refractivity contribution in [3.63, 3.8) is 0 Å². The summed E-state index contributed by atoms with van der Waals surface area (Å²) >= 11 is 12.0. The van der Waals surface area contributed by atoms with Gasteiger partial charge in [0.15, 0.2) is 0 Å². The first-order valence-corrected chi connectivity index (χ1v) is 9.51. The van der Waals surface area contributed by atoms with Crippen LogP contribution in [0.2, 0.25) is 10.0 Å². The number of rotatable bonds is 6. The number of nitrogens with one attached hydrogen (secondary N) is 1. The van der Waals surface area contributed by atoms with Gasteiger partial charge in [-0.15, -0.1) is 0 Å². The van der Waals surface area contributed by atoms with Crippen molar-refractivity contribution in [3.05, 3.63) is 57.6 Å². The van der Waals surface area contributed by atoms with Crippen molar-refractivity contribution in [2.24, 2.45) is 4.99 Å². The van der Waals surface area contributed by atoms with Crippen molar-refractivity contribution < 1.29 is 14.7 Å². The quantitative estimate of drug-likeness (QED) is 0.737. The third-order valence-corrected chi connectivity index (χ3v) is 5.34. The molecule has 0 aromatic heterocycles. The molecular weight excluding hydrogens is 371 g/mol. The fourth-order valence-electron chi connectivity index (χ4n) is 3.52. The lowest BCUT2D eigenvalue weighted by Crippen LogP contribution is -3.10. The van der Waals surface area contributed by atoms with Crippen LogP contribution < -0.4 is 9.64 Å². The van der Waals surface area contributed by atoms with E-state index in [4.69, 9.17) is 27.9 Å². The van der Waals surface area contributed by atoms with Gasteiger partial charge in [-0.1, -0.05) is 35.3 Å². The second-order valence-electron chi connectivity index (χ2n) is 6.48. The molecule has 1 atom stereocenters. The Morgan fingerprint density at radius 3 is 2.69 bits per heavy atom. The third kappa shape index (κ3) is 4.32. The number of likely N-dealkylation sites (tertiary alicyclic amines) is 1. The van der Waals surface area contributed by atoms with E-state index in [2.05, 4.69) is 11.1 Å². The number of phenols is 1. The number of methoxy groups -OCH3 is 1. The van der Waals surface area contributed by atoms with E-state index in [-0.39, 0.29) is 16.8 Å². The molecule has 4 nitrogen and oxygen atoms in total. The summed E-state index contributed by atoms with van der Waals surface area (Å²) in [5.41, 5.74) is 1.69. The van der Waals surface area contributed by atoms with Crippen LogP contribution in [0.1, 0.15) is 30.0 Å². The summed E-state index contributed by atoms with van der Waals surface area (Å²) < 4.78 is 5.56. The molecule has 2 aromatic carbocycles. The van der Waals surface area contributed by atoms with Gasteiger partial charge in [-0.3, -0.25) is 4.99 Å². The fraction of sp³-hybridized carbons (Fsp3) is 0.350. The number of halogens is 2. The molecule has 6 heteroatoms. The van der Waals surface area contributed by atoms with Gasteiger partial charge in [0.05, 0.1) is 37.3 Å². The van der Waals surface area contributed by atoms with Crippen molar-refractivity contribution >= 4 is 29.4 Å². The standard InChI is InChI=1S/C20H22Cl2N2O2/c1-26-19-7-3-2-6-16(19)18(24-8-4-5-9-24)13-23-12-14-10-15(21)11-17(22)20(14)25/h2-3,6-7,10-12,18,25H,4-5,8-9,13H2,1H3/p+1/t18-/m0/s1. The average Bonchev–Trinajstić information content (AvgIpc) is 3.17. The maximum atomic E-state index is 10.1. The zero-order chi connectivity index (χ0) is 18.5. The first-order valence-electron chi connectivity index (χ1n) is 8.75. The lowest BCUT2D eigenvalue weighted by Gasteiger charge is -2.25.